The third kappa shape index (κ3) is 4.91. The summed E-state index contributed by atoms with van der Waals surface area (Å²) in [7, 11) is 1.91. The monoisotopic (exact) mass is 171 g/mol. The highest BCUT2D eigenvalue weighted by Crippen LogP contribution is 1.97. The summed E-state index contributed by atoms with van der Waals surface area (Å²) in [6, 6.07) is 0. The Kier molecular flexibility index (Phi) is 5.37. The summed E-state index contributed by atoms with van der Waals surface area (Å²) in [5, 5.41) is 8.53. The van der Waals surface area contributed by atoms with E-state index in [0.29, 0.717) is 6.54 Å². The third-order valence-corrected chi connectivity index (χ3v) is 1.66. The van der Waals surface area contributed by atoms with Crippen molar-refractivity contribution >= 4 is 5.97 Å². The molecule has 0 unspecified atom stereocenters. The van der Waals surface area contributed by atoms with Crippen LogP contribution in [0.25, 0.3) is 0 Å². The molecule has 3 nitrogen and oxygen atoms in total. The minimum atomic E-state index is -0.904. The molecule has 12 heavy (non-hydrogen) atoms. The molecule has 0 aliphatic heterocycles. The lowest BCUT2D eigenvalue weighted by Gasteiger charge is -2.15. The summed E-state index contributed by atoms with van der Waals surface area (Å²) in [6.07, 6.45) is 2.23. The third-order valence-electron chi connectivity index (χ3n) is 1.66. The van der Waals surface area contributed by atoms with Crippen LogP contribution < -0.4 is 0 Å². The lowest BCUT2D eigenvalue weighted by atomic mass is 10.2. The number of hydrogen-bond donors (Lipinski definition) is 1. The van der Waals surface area contributed by atoms with Gasteiger partial charge in [-0.2, -0.15) is 0 Å². The van der Waals surface area contributed by atoms with Crippen molar-refractivity contribution in [3.63, 3.8) is 0 Å². The summed E-state index contributed by atoms with van der Waals surface area (Å²) in [5.41, 5.74) is 0.258. The SMILES string of the molecule is C=C(CN(C)CCCC)C(=O)O. The lowest BCUT2D eigenvalue weighted by molar-refractivity contribution is -0.132. The van der Waals surface area contributed by atoms with Gasteiger partial charge in [-0.25, -0.2) is 4.79 Å². The predicted molar refractivity (Wildman–Crippen MR) is 49.2 cm³/mol. The molecule has 70 valence electrons. The van der Waals surface area contributed by atoms with E-state index in [4.69, 9.17) is 5.11 Å². The Labute approximate surface area is 73.7 Å². The van der Waals surface area contributed by atoms with E-state index in [0.717, 1.165) is 19.4 Å². The highest BCUT2D eigenvalue weighted by Gasteiger charge is 2.06. The Morgan fingerprint density at radius 3 is 2.58 bits per heavy atom. The number of carboxylic acid groups (broad SMARTS) is 1. The van der Waals surface area contributed by atoms with Gasteiger partial charge in [0.15, 0.2) is 0 Å². The van der Waals surface area contributed by atoms with Crippen LogP contribution in [0.2, 0.25) is 0 Å². The molecule has 0 radical (unpaired) electrons. The minimum Gasteiger partial charge on any atom is -0.478 e. The molecular formula is C9H17NO2. The van der Waals surface area contributed by atoms with Crippen LogP contribution in [0.4, 0.5) is 0 Å². The zero-order valence-electron chi connectivity index (χ0n) is 7.84. The Hall–Kier alpha value is -0.830. The zero-order valence-corrected chi connectivity index (χ0v) is 7.84. The van der Waals surface area contributed by atoms with Crippen molar-refractivity contribution in [3.05, 3.63) is 12.2 Å². The van der Waals surface area contributed by atoms with Gasteiger partial charge in [0.25, 0.3) is 0 Å². The minimum absolute atomic E-state index is 0.258. The maximum absolute atomic E-state index is 10.4. The maximum Gasteiger partial charge on any atom is 0.332 e. The molecule has 0 aromatic carbocycles. The van der Waals surface area contributed by atoms with Gasteiger partial charge in [-0.3, -0.25) is 0 Å². The molecule has 0 heterocycles. The molecule has 0 bridgehead atoms. The molecule has 0 aliphatic carbocycles. The first-order chi connectivity index (χ1) is 5.57. The molecule has 0 saturated heterocycles. The second-order valence-electron chi connectivity index (χ2n) is 3.00. The molecule has 0 spiro atoms. The van der Waals surface area contributed by atoms with Crippen molar-refractivity contribution < 1.29 is 9.90 Å². The summed E-state index contributed by atoms with van der Waals surface area (Å²) in [4.78, 5) is 12.4. The van der Waals surface area contributed by atoms with Crippen molar-refractivity contribution in [1.29, 1.82) is 0 Å². The Morgan fingerprint density at radius 1 is 1.58 bits per heavy atom. The summed E-state index contributed by atoms with van der Waals surface area (Å²) in [6.45, 7) is 6.96. The summed E-state index contributed by atoms with van der Waals surface area (Å²) < 4.78 is 0. The molecule has 0 aromatic rings. The highest BCUT2D eigenvalue weighted by molar-refractivity contribution is 5.86. The quantitative estimate of drug-likeness (QED) is 0.613. The number of likely N-dealkylation sites (N-methyl/N-ethyl adjacent to an activating group) is 1. The number of unbranched alkanes of at least 4 members (excludes halogenated alkanes) is 1. The second-order valence-corrected chi connectivity index (χ2v) is 3.00. The molecule has 0 fully saturated rings. The molecule has 0 rings (SSSR count). The second kappa shape index (κ2) is 5.77. The van der Waals surface area contributed by atoms with Crippen LogP contribution in [-0.2, 0) is 4.79 Å². The fourth-order valence-electron chi connectivity index (χ4n) is 0.901. The Morgan fingerprint density at radius 2 is 2.17 bits per heavy atom. The van der Waals surface area contributed by atoms with E-state index < -0.39 is 5.97 Å². The van der Waals surface area contributed by atoms with Crippen molar-refractivity contribution in [3.8, 4) is 0 Å². The van der Waals surface area contributed by atoms with Crippen LogP contribution in [0.1, 0.15) is 19.8 Å². The van der Waals surface area contributed by atoms with Crippen LogP contribution in [0.15, 0.2) is 12.2 Å². The lowest BCUT2D eigenvalue weighted by Crippen LogP contribution is -2.24. The normalized spacial score (nSPS) is 10.2. The van der Waals surface area contributed by atoms with Gasteiger partial charge in [-0.1, -0.05) is 19.9 Å². The molecule has 1 N–H and O–H groups in total. The molecule has 3 heteroatoms. The molecule has 0 aromatic heterocycles. The van der Waals surface area contributed by atoms with Crippen LogP contribution in [0.3, 0.4) is 0 Å². The van der Waals surface area contributed by atoms with Gasteiger partial charge in [0, 0.05) is 12.1 Å². The van der Waals surface area contributed by atoms with Crippen molar-refractivity contribution in [2.45, 2.75) is 19.8 Å². The van der Waals surface area contributed by atoms with Gasteiger partial charge in [0.1, 0.15) is 0 Å². The first kappa shape index (κ1) is 11.2. The molecule has 0 aliphatic rings. The molecule has 0 amide bonds. The Bertz CT molecular complexity index is 166. The van der Waals surface area contributed by atoms with Crippen LogP contribution in [0.5, 0.6) is 0 Å². The van der Waals surface area contributed by atoms with Crippen LogP contribution in [0, 0.1) is 0 Å². The number of nitrogens with zero attached hydrogens (tertiary/aromatic N) is 1. The van der Waals surface area contributed by atoms with E-state index in [9.17, 15) is 4.79 Å². The number of aliphatic carboxylic acids is 1. The van der Waals surface area contributed by atoms with E-state index in [1.807, 2.05) is 11.9 Å². The van der Waals surface area contributed by atoms with Gasteiger partial charge >= 0.3 is 5.97 Å². The van der Waals surface area contributed by atoms with Gasteiger partial charge in [-0.05, 0) is 20.0 Å². The van der Waals surface area contributed by atoms with E-state index in [1.54, 1.807) is 0 Å². The fraction of sp³-hybridized carbons (Fsp3) is 0.667. The first-order valence-corrected chi connectivity index (χ1v) is 4.17. The average Bonchev–Trinajstić information content (AvgIpc) is 2.00. The van der Waals surface area contributed by atoms with Gasteiger partial charge in [0.2, 0.25) is 0 Å². The largest absolute Gasteiger partial charge is 0.478 e. The first-order valence-electron chi connectivity index (χ1n) is 4.17. The van der Waals surface area contributed by atoms with E-state index >= 15 is 0 Å². The van der Waals surface area contributed by atoms with Gasteiger partial charge < -0.3 is 10.0 Å². The van der Waals surface area contributed by atoms with Crippen molar-refractivity contribution in [2.75, 3.05) is 20.1 Å². The number of hydrogen-bond acceptors (Lipinski definition) is 2. The average molecular weight is 171 g/mol. The highest BCUT2D eigenvalue weighted by atomic mass is 16.4. The van der Waals surface area contributed by atoms with Gasteiger partial charge in [-0.15, -0.1) is 0 Å². The van der Waals surface area contributed by atoms with Gasteiger partial charge in [0.05, 0.1) is 0 Å². The maximum atomic E-state index is 10.4. The topological polar surface area (TPSA) is 40.5 Å². The van der Waals surface area contributed by atoms with E-state index in [1.165, 1.54) is 0 Å². The standard InChI is InChI=1S/C9H17NO2/c1-4-5-6-10(3)7-8(2)9(11)12/h2,4-7H2,1,3H3,(H,11,12). The van der Waals surface area contributed by atoms with E-state index in [-0.39, 0.29) is 5.57 Å². The number of carbonyl (C=O) groups is 1. The smallest absolute Gasteiger partial charge is 0.332 e. The van der Waals surface area contributed by atoms with Crippen molar-refractivity contribution in [2.24, 2.45) is 0 Å². The summed E-state index contributed by atoms with van der Waals surface area (Å²) in [5.74, 6) is -0.904. The molecule has 0 atom stereocenters. The number of carboxylic acids is 1. The molecule has 0 saturated carbocycles. The number of rotatable bonds is 6. The summed E-state index contributed by atoms with van der Waals surface area (Å²) >= 11 is 0. The van der Waals surface area contributed by atoms with Crippen LogP contribution >= 0.6 is 0 Å². The zero-order chi connectivity index (χ0) is 9.56. The van der Waals surface area contributed by atoms with Crippen LogP contribution in [-0.4, -0.2) is 36.1 Å². The van der Waals surface area contributed by atoms with Crippen molar-refractivity contribution in [1.82, 2.24) is 4.90 Å². The van der Waals surface area contributed by atoms with E-state index in [2.05, 4.69) is 13.5 Å². The Balaban J connectivity index is 3.61. The molecular weight excluding hydrogens is 154 g/mol. The predicted octanol–water partition coefficient (Wildman–Crippen LogP) is 1.36. The fourth-order valence-corrected chi connectivity index (χ4v) is 0.901.